The molecule has 0 saturated carbocycles. The number of hydrogen-bond acceptors (Lipinski definition) is 5. The van der Waals surface area contributed by atoms with Gasteiger partial charge in [0.05, 0.1) is 17.0 Å². The largest absolute Gasteiger partial charge is 0.352 e. The number of hydrogen-bond donors (Lipinski definition) is 3. The number of carbonyl (C=O) groups excluding carboxylic acids is 1. The zero-order chi connectivity index (χ0) is 27.2. The van der Waals surface area contributed by atoms with E-state index in [0.717, 1.165) is 73.7 Å². The van der Waals surface area contributed by atoms with Gasteiger partial charge in [0.2, 0.25) is 0 Å². The Balaban J connectivity index is 1.16. The van der Waals surface area contributed by atoms with E-state index in [4.69, 9.17) is 4.98 Å². The second-order valence-corrected chi connectivity index (χ2v) is 11.0. The number of aryl methyl sites for hydroxylation is 2. The fourth-order valence-electron chi connectivity index (χ4n) is 5.26. The molecule has 0 bridgehead atoms. The summed E-state index contributed by atoms with van der Waals surface area (Å²) in [6, 6.07) is 18.1. The van der Waals surface area contributed by atoms with E-state index in [1.54, 1.807) is 0 Å². The van der Waals surface area contributed by atoms with Crippen molar-refractivity contribution in [2.75, 3.05) is 26.2 Å². The van der Waals surface area contributed by atoms with Crippen LogP contribution in [-0.2, 0) is 0 Å². The quantitative estimate of drug-likeness (QED) is 0.169. The second kappa shape index (κ2) is 12.6. The number of carbonyl (C=O) groups is 1. The SMILES string of the molecule is Cc1ccc(-c2nc(C3CCN(CCCCNC(=O)c4ccccc4S)CC3)[nH]c2-c2ccncc2)cc1C. The molecule has 4 aromatic rings. The van der Waals surface area contributed by atoms with E-state index in [2.05, 4.69) is 64.9 Å². The summed E-state index contributed by atoms with van der Waals surface area (Å²) in [7, 11) is 0. The number of piperidine rings is 1. The van der Waals surface area contributed by atoms with E-state index >= 15 is 0 Å². The first-order valence-corrected chi connectivity index (χ1v) is 14.3. The van der Waals surface area contributed by atoms with Gasteiger partial charge in [0.1, 0.15) is 5.82 Å². The van der Waals surface area contributed by atoms with Crippen LogP contribution in [0.4, 0.5) is 0 Å². The highest BCUT2D eigenvalue weighted by atomic mass is 32.1. The minimum atomic E-state index is -0.0498. The molecule has 1 fully saturated rings. The van der Waals surface area contributed by atoms with Crippen molar-refractivity contribution in [2.24, 2.45) is 0 Å². The molecule has 7 heteroatoms. The minimum absolute atomic E-state index is 0.0498. The average molecular weight is 540 g/mol. The number of thiol groups is 1. The molecule has 5 rings (SSSR count). The second-order valence-electron chi connectivity index (χ2n) is 10.5. The van der Waals surface area contributed by atoms with Crippen molar-refractivity contribution in [1.82, 2.24) is 25.2 Å². The molecule has 0 atom stereocenters. The van der Waals surface area contributed by atoms with Crippen molar-refractivity contribution in [2.45, 2.75) is 50.3 Å². The number of rotatable bonds is 9. The molecule has 1 aliphatic heterocycles. The highest BCUT2D eigenvalue weighted by Gasteiger charge is 2.25. The molecule has 3 heterocycles. The van der Waals surface area contributed by atoms with Crippen LogP contribution in [0, 0.1) is 13.8 Å². The van der Waals surface area contributed by atoms with Crippen LogP contribution in [-0.4, -0.2) is 51.9 Å². The van der Waals surface area contributed by atoms with Gasteiger partial charge in [0.25, 0.3) is 5.91 Å². The number of nitrogens with zero attached hydrogens (tertiary/aromatic N) is 3. The smallest absolute Gasteiger partial charge is 0.252 e. The molecule has 2 N–H and O–H groups in total. The lowest BCUT2D eigenvalue weighted by atomic mass is 9.96. The normalized spacial score (nSPS) is 14.4. The van der Waals surface area contributed by atoms with Crippen LogP contribution in [0.3, 0.4) is 0 Å². The third kappa shape index (κ3) is 6.60. The lowest BCUT2D eigenvalue weighted by Gasteiger charge is -2.31. The molecule has 0 aliphatic carbocycles. The van der Waals surface area contributed by atoms with Crippen molar-refractivity contribution < 1.29 is 4.79 Å². The number of nitrogens with one attached hydrogen (secondary N) is 2. The maximum Gasteiger partial charge on any atom is 0.252 e. The molecule has 39 heavy (non-hydrogen) atoms. The summed E-state index contributed by atoms with van der Waals surface area (Å²) in [5.41, 5.74) is 7.54. The summed E-state index contributed by atoms with van der Waals surface area (Å²) in [5, 5.41) is 3.02. The van der Waals surface area contributed by atoms with Crippen molar-refractivity contribution in [3.05, 3.63) is 89.5 Å². The molecule has 1 aliphatic rings. The van der Waals surface area contributed by atoms with E-state index in [-0.39, 0.29) is 5.91 Å². The molecule has 1 saturated heterocycles. The number of H-pyrrole nitrogens is 1. The van der Waals surface area contributed by atoms with Gasteiger partial charge in [-0.15, -0.1) is 12.6 Å². The van der Waals surface area contributed by atoms with Crippen LogP contribution in [0.5, 0.6) is 0 Å². The Morgan fingerprint density at radius 3 is 2.51 bits per heavy atom. The molecule has 2 aromatic carbocycles. The summed E-state index contributed by atoms with van der Waals surface area (Å²) in [4.78, 5) is 28.7. The summed E-state index contributed by atoms with van der Waals surface area (Å²) in [5.74, 6) is 1.45. The standard InChI is InChI=1S/C32H37N5OS/c1-22-9-10-26(21-23(22)2)30-29(24-11-16-33-17-12-24)35-31(36-30)25-13-19-37(20-14-25)18-6-5-15-34-32(38)27-7-3-4-8-28(27)39/h3-4,7-12,16-17,21,25,39H,5-6,13-15,18-20H2,1-2H3,(H,34,38)(H,35,36). The maximum atomic E-state index is 12.4. The van der Waals surface area contributed by atoms with Gasteiger partial charge in [0.15, 0.2) is 0 Å². The third-order valence-corrected chi connectivity index (χ3v) is 8.17. The number of likely N-dealkylation sites (tertiary alicyclic amines) is 1. The molecule has 2 aromatic heterocycles. The Bertz CT molecular complexity index is 1410. The first-order chi connectivity index (χ1) is 19.0. The summed E-state index contributed by atoms with van der Waals surface area (Å²) < 4.78 is 0. The van der Waals surface area contributed by atoms with Crippen molar-refractivity contribution in [3.8, 4) is 22.5 Å². The zero-order valence-corrected chi connectivity index (χ0v) is 23.7. The molecule has 0 spiro atoms. The first-order valence-electron chi connectivity index (χ1n) is 13.9. The molecule has 1 amide bonds. The van der Waals surface area contributed by atoms with Crippen LogP contribution in [0.2, 0.25) is 0 Å². The van der Waals surface area contributed by atoms with Crippen LogP contribution < -0.4 is 5.32 Å². The summed E-state index contributed by atoms with van der Waals surface area (Å²) in [6.07, 6.45) is 7.88. The van der Waals surface area contributed by atoms with Crippen molar-refractivity contribution in [1.29, 1.82) is 0 Å². The van der Waals surface area contributed by atoms with E-state index in [1.165, 1.54) is 11.1 Å². The fourth-order valence-corrected chi connectivity index (χ4v) is 5.53. The lowest BCUT2D eigenvalue weighted by molar-refractivity contribution is 0.0949. The topological polar surface area (TPSA) is 73.9 Å². The van der Waals surface area contributed by atoms with E-state index in [1.807, 2.05) is 48.8 Å². The monoisotopic (exact) mass is 539 g/mol. The van der Waals surface area contributed by atoms with Gasteiger partial charge >= 0.3 is 0 Å². The van der Waals surface area contributed by atoms with E-state index in [9.17, 15) is 4.79 Å². The molecule has 6 nitrogen and oxygen atoms in total. The van der Waals surface area contributed by atoms with Gasteiger partial charge < -0.3 is 15.2 Å². The average Bonchev–Trinajstić information content (AvgIpc) is 3.41. The van der Waals surface area contributed by atoms with E-state index < -0.39 is 0 Å². The predicted molar refractivity (Wildman–Crippen MR) is 160 cm³/mol. The summed E-state index contributed by atoms with van der Waals surface area (Å²) >= 11 is 4.38. The highest BCUT2D eigenvalue weighted by Crippen LogP contribution is 2.35. The van der Waals surface area contributed by atoms with Crippen molar-refractivity contribution >= 4 is 18.5 Å². The van der Waals surface area contributed by atoms with Gasteiger partial charge in [-0.05, 0) is 101 Å². The highest BCUT2D eigenvalue weighted by molar-refractivity contribution is 7.80. The number of aromatic nitrogens is 3. The minimum Gasteiger partial charge on any atom is -0.352 e. The Labute approximate surface area is 236 Å². The van der Waals surface area contributed by atoms with Gasteiger partial charge in [-0.2, -0.15) is 0 Å². The lowest BCUT2D eigenvalue weighted by Crippen LogP contribution is -2.34. The number of benzene rings is 2. The molecular weight excluding hydrogens is 502 g/mol. The van der Waals surface area contributed by atoms with Gasteiger partial charge in [-0.3, -0.25) is 9.78 Å². The fraction of sp³-hybridized carbons (Fsp3) is 0.344. The first kappa shape index (κ1) is 27.2. The summed E-state index contributed by atoms with van der Waals surface area (Å²) in [6.45, 7) is 8.17. The molecular formula is C32H37N5OS. The van der Waals surface area contributed by atoms with Crippen LogP contribution in [0.1, 0.15) is 58.9 Å². The number of amides is 1. The third-order valence-electron chi connectivity index (χ3n) is 7.78. The number of unbranched alkanes of at least 4 members (excludes halogenated alkanes) is 1. The van der Waals surface area contributed by atoms with Crippen LogP contribution >= 0.6 is 12.6 Å². The molecule has 0 unspecified atom stereocenters. The van der Waals surface area contributed by atoms with Gasteiger partial charge in [-0.1, -0.05) is 24.3 Å². The molecule has 0 radical (unpaired) electrons. The van der Waals surface area contributed by atoms with E-state index in [0.29, 0.717) is 22.9 Å². The Morgan fingerprint density at radius 2 is 1.77 bits per heavy atom. The zero-order valence-electron chi connectivity index (χ0n) is 22.8. The number of pyridine rings is 1. The maximum absolute atomic E-state index is 12.4. The van der Waals surface area contributed by atoms with Gasteiger partial charge in [-0.25, -0.2) is 4.98 Å². The Morgan fingerprint density at radius 1 is 1.00 bits per heavy atom. The Kier molecular flexibility index (Phi) is 8.79. The number of aromatic amines is 1. The number of imidazole rings is 1. The van der Waals surface area contributed by atoms with Crippen LogP contribution in [0.15, 0.2) is 71.9 Å². The van der Waals surface area contributed by atoms with Gasteiger partial charge in [0, 0.05) is 40.9 Å². The Hall–Kier alpha value is -3.42. The van der Waals surface area contributed by atoms with Crippen molar-refractivity contribution in [3.63, 3.8) is 0 Å². The van der Waals surface area contributed by atoms with Crippen LogP contribution in [0.25, 0.3) is 22.5 Å². The molecule has 202 valence electrons. The predicted octanol–water partition coefficient (Wildman–Crippen LogP) is 6.43.